The maximum atomic E-state index is 11.4. The molecule has 17 heavy (non-hydrogen) atoms. The number of hydrogen-bond donors (Lipinski definition) is 1. The van der Waals surface area contributed by atoms with Crippen LogP contribution in [0.15, 0.2) is 30.3 Å². The van der Waals surface area contributed by atoms with Crippen LogP contribution in [-0.4, -0.2) is 32.8 Å². The summed E-state index contributed by atoms with van der Waals surface area (Å²) >= 11 is 0. The van der Waals surface area contributed by atoms with Gasteiger partial charge in [0.05, 0.1) is 19.8 Å². The molecule has 1 rings (SSSR count). The summed E-state index contributed by atoms with van der Waals surface area (Å²) in [5.74, 6) is -0.276. The Bertz CT molecular complexity index is 340. The lowest BCUT2D eigenvalue weighted by Crippen LogP contribution is -2.39. The Hall–Kier alpha value is -1.39. The van der Waals surface area contributed by atoms with E-state index in [0.29, 0.717) is 6.61 Å². The van der Waals surface area contributed by atoms with Gasteiger partial charge in [-0.2, -0.15) is 0 Å². The molecule has 0 aromatic heterocycles. The van der Waals surface area contributed by atoms with Crippen LogP contribution in [0.2, 0.25) is 0 Å². The second kappa shape index (κ2) is 7.04. The van der Waals surface area contributed by atoms with Crippen molar-refractivity contribution in [1.29, 1.82) is 0 Å². The smallest absolute Gasteiger partial charge is 0.322 e. The first kappa shape index (κ1) is 13.7. The molecule has 0 saturated carbocycles. The molecule has 1 aromatic carbocycles. The van der Waals surface area contributed by atoms with Gasteiger partial charge in [0.25, 0.3) is 0 Å². The van der Waals surface area contributed by atoms with E-state index >= 15 is 0 Å². The minimum absolute atomic E-state index is 0.0182. The predicted molar refractivity (Wildman–Crippen MR) is 65.7 cm³/mol. The Morgan fingerprint density at radius 1 is 1.29 bits per heavy atom. The third kappa shape index (κ3) is 4.17. The molecule has 1 N–H and O–H groups in total. The highest BCUT2D eigenvalue weighted by Gasteiger charge is 2.19. The molecule has 0 aliphatic carbocycles. The maximum absolute atomic E-state index is 11.4. The number of rotatable bonds is 6. The van der Waals surface area contributed by atoms with E-state index in [9.17, 15) is 4.79 Å². The molecule has 4 nitrogen and oxygen atoms in total. The molecular weight excluding hydrogens is 218 g/mol. The van der Waals surface area contributed by atoms with E-state index in [2.05, 4.69) is 10.1 Å². The van der Waals surface area contributed by atoms with E-state index in [1.54, 1.807) is 14.0 Å². The molecule has 0 aliphatic rings. The second-order valence-corrected chi connectivity index (χ2v) is 3.83. The maximum Gasteiger partial charge on any atom is 0.322 e. The first-order valence-corrected chi connectivity index (χ1v) is 5.56. The summed E-state index contributed by atoms with van der Waals surface area (Å²) in [4.78, 5) is 11.4. The zero-order valence-corrected chi connectivity index (χ0v) is 10.5. The number of benzene rings is 1. The number of esters is 1. The van der Waals surface area contributed by atoms with E-state index < -0.39 is 0 Å². The topological polar surface area (TPSA) is 47.6 Å². The van der Waals surface area contributed by atoms with Crippen LogP contribution < -0.4 is 5.32 Å². The summed E-state index contributed by atoms with van der Waals surface area (Å²) in [6.07, 6.45) is 0. The Balaban J connectivity index is 2.70. The Kier molecular flexibility index (Phi) is 5.66. The van der Waals surface area contributed by atoms with Gasteiger partial charge in [-0.05, 0) is 12.5 Å². The number of carbonyl (C=O) groups excluding carboxylic acids is 1. The molecule has 0 aliphatic heterocycles. The molecule has 2 atom stereocenters. The largest absolute Gasteiger partial charge is 0.468 e. The summed E-state index contributed by atoms with van der Waals surface area (Å²) in [5.41, 5.74) is 1.09. The molecule has 0 bridgehead atoms. The van der Waals surface area contributed by atoms with Crippen molar-refractivity contribution in [3.05, 3.63) is 35.9 Å². The monoisotopic (exact) mass is 237 g/mol. The van der Waals surface area contributed by atoms with Crippen molar-refractivity contribution in [3.63, 3.8) is 0 Å². The standard InChI is InChI=1S/C13H19NO3/c1-10(13(15)17-3)14-12(9-16-2)11-7-5-4-6-8-11/h4-8,10,12,14H,9H2,1-3H3/t10-,12?/m0/s1. The van der Waals surface area contributed by atoms with Crippen molar-refractivity contribution >= 4 is 5.97 Å². The highest BCUT2D eigenvalue weighted by Crippen LogP contribution is 2.13. The molecule has 1 aromatic rings. The van der Waals surface area contributed by atoms with E-state index in [0.717, 1.165) is 5.56 Å². The molecule has 1 unspecified atom stereocenters. The average Bonchev–Trinajstić information content (AvgIpc) is 2.38. The molecule has 0 spiro atoms. The van der Waals surface area contributed by atoms with Crippen molar-refractivity contribution < 1.29 is 14.3 Å². The number of nitrogens with one attached hydrogen (secondary N) is 1. The fourth-order valence-corrected chi connectivity index (χ4v) is 1.64. The molecule has 0 fully saturated rings. The van der Waals surface area contributed by atoms with Crippen molar-refractivity contribution in [2.24, 2.45) is 0 Å². The molecule has 0 amide bonds. The van der Waals surface area contributed by atoms with Crippen LogP contribution in [0.3, 0.4) is 0 Å². The number of hydrogen-bond acceptors (Lipinski definition) is 4. The third-order valence-electron chi connectivity index (χ3n) is 2.54. The van der Waals surface area contributed by atoms with Crippen molar-refractivity contribution in [2.45, 2.75) is 19.0 Å². The van der Waals surface area contributed by atoms with Crippen molar-refractivity contribution in [2.75, 3.05) is 20.8 Å². The van der Waals surface area contributed by atoms with Crippen LogP contribution in [0.25, 0.3) is 0 Å². The van der Waals surface area contributed by atoms with Gasteiger partial charge >= 0.3 is 5.97 Å². The van der Waals surface area contributed by atoms with E-state index in [4.69, 9.17) is 4.74 Å². The quantitative estimate of drug-likeness (QED) is 0.762. The SMILES string of the molecule is COCC(N[C@@H](C)C(=O)OC)c1ccccc1. The summed E-state index contributed by atoms with van der Waals surface area (Å²) in [5, 5.41) is 3.19. The second-order valence-electron chi connectivity index (χ2n) is 3.83. The fourth-order valence-electron chi connectivity index (χ4n) is 1.64. The van der Waals surface area contributed by atoms with Gasteiger partial charge in [0.1, 0.15) is 6.04 Å². The lowest BCUT2D eigenvalue weighted by molar-refractivity contribution is -0.142. The lowest BCUT2D eigenvalue weighted by atomic mass is 10.1. The lowest BCUT2D eigenvalue weighted by Gasteiger charge is -2.21. The van der Waals surface area contributed by atoms with Crippen LogP contribution in [-0.2, 0) is 14.3 Å². The van der Waals surface area contributed by atoms with Gasteiger partial charge in [0.15, 0.2) is 0 Å². The van der Waals surface area contributed by atoms with E-state index in [1.165, 1.54) is 7.11 Å². The normalized spacial score (nSPS) is 14.1. The first-order chi connectivity index (χ1) is 8.19. The van der Waals surface area contributed by atoms with Crippen LogP contribution in [0.1, 0.15) is 18.5 Å². The predicted octanol–water partition coefficient (Wildman–Crippen LogP) is 1.53. The minimum Gasteiger partial charge on any atom is -0.468 e. The molecule has 0 heterocycles. The van der Waals surface area contributed by atoms with Gasteiger partial charge in [-0.25, -0.2) is 0 Å². The number of ether oxygens (including phenoxy) is 2. The average molecular weight is 237 g/mol. The minimum atomic E-state index is -0.361. The molecule has 4 heteroatoms. The van der Waals surface area contributed by atoms with Gasteiger partial charge in [-0.1, -0.05) is 30.3 Å². The highest BCUT2D eigenvalue weighted by atomic mass is 16.5. The van der Waals surface area contributed by atoms with E-state index in [-0.39, 0.29) is 18.1 Å². The summed E-state index contributed by atoms with van der Waals surface area (Å²) < 4.78 is 9.84. The van der Waals surface area contributed by atoms with Gasteiger partial charge in [0, 0.05) is 7.11 Å². The Morgan fingerprint density at radius 3 is 2.47 bits per heavy atom. The van der Waals surface area contributed by atoms with Gasteiger partial charge < -0.3 is 9.47 Å². The Morgan fingerprint density at radius 2 is 1.94 bits per heavy atom. The van der Waals surface area contributed by atoms with Crippen LogP contribution in [0, 0.1) is 0 Å². The zero-order valence-electron chi connectivity index (χ0n) is 10.5. The van der Waals surface area contributed by atoms with E-state index in [1.807, 2.05) is 30.3 Å². The molecule has 0 radical (unpaired) electrons. The van der Waals surface area contributed by atoms with Crippen molar-refractivity contribution in [1.82, 2.24) is 5.32 Å². The first-order valence-electron chi connectivity index (χ1n) is 5.56. The highest BCUT2D eigenvalue weighted by molar-refractivity contribution is 5.75. The van der Waals surface area contributed by atoms with Gasteiger partial charge in [-0.15, -0.1) is 0 Å². The summed E-state index contributed by atoms with van der Waals surface area (Å²) in [7, 11) is 3.02. The van der Waals surface area contributed by atoms with Crippen molar-refractivity contribution in [3.8, 4) is 0 Å². The number of methoxy groups -OCH3 is 2. The summed E-state index contributed by atoms with van der Waals surface area (Å²) in [6, 6.07) is 9.50. The van der Waals surface area contributed by atoms with Crippen LogP contribution >= 0.6 is 0 Å². The third-order valence-corrected chi connectivity index (χ3v) is 2.54. The van der Waals surface area contributed by atoms with Gasteiger partial charge in [-0.3, -0.25) is 10.1 Å². The molecule has 94 valence electrons. The Labute approximate surface area is 102 Å². The van der Waals surface area contributed by atoms with Gasteiger partial charge in [0.2, 0.25) is 0 Å². The number of carbonyl (C=O) groups is 1. The fraction of sp³-hybridized carbons (Fsp3) is 0.462. The molecular formula is C13H19NO3. The van der Waals surface area contributed by atoms with Crippen LogP contribution in [0.5, 0.6) is 0 Å². The summed E-state index contributed by atoms with van der Waals surface area (Å²) in [6.45, 7) is 2.28. The molecule has 0 saturated heterocycles. The van der Waals surface area contributed by atoms with Crippen LogP contribution in [0.4, 0.5) is 0 Å². The zero-order chi connectivity index (χ0) is 12.7.